The summed E-state index contributed by atoms with van der Waals surface area (Å²) in [4.78, 5) is 8.76. The van der Waals surface area contributed by atoms with Gasteiger partial charge in [-0.15, -0.1) is 0 Å². The molecular formula is C20H19ClN2O4. The standard InChI is InChI=1S/C20H19ClN2O4/c1-24-17-12-15(13-8-5-4-6-9-13)22-20(23-17)27-16-11-7-10-14(21)18(16)19(25-2)26-3/h4-12,19H,1-3H3. The van der Waals surface area contributed by atoms with Crippen molar-refractivity contribution in [3.63, 3.8) is 0 Å². The molecule has 0 N–H and O–H groups in total. The Kier molecular flexibility index (Phi) is 6.24. The van der Waals surface area contributed by atoms with Gasteiger partial charge in [-0.25, -0.2) is 0 Å². The minimum absolute atomic E-state index is 0.127. The number of halogens is 1. The summed E-state index contributed by atoms with van der Waals surface area (Å²) in [6.07, 6.45) is -0.687. The molecule has 6 nitrogen and oxygen atoms in total. The first-order valence-electron chi connectivity index (χ1n) is 8.16. The lowest BCUT2D eigenvalue weighted by Crippen LogP contribution is -2.07. The van der Waals surface area contributed by atoms with Gasteiger partial charge in [-0.3, -0.25) is 0 Å². The first-order valence-corrected chi connectivity index (χ1v) is 8.54. The molecule has 0 aliphatic heterocycles. The molecule has 1 aromatic heterocycles. The van der Waals surface area contributed by atoms with E-state index in [0.29, 0.717) is 27.9 Å². The number of methoxy groups -OCH3 is 3. The third kappa shape index (κ3) is 4.36. The zero-order chi connectivity index (χ0) is 19.2. The summed E-state index contributed by atoms with van der Waals surface area (Å²) in [6, 6.07) is 16.8. The molecule has 1 heterocycles. The van der Waals surface area contributed by atoms with Crippen LogP contribution in [0.1, 0.15) is 11.9 Å². The van der Waals surface area contributed by atoms with Crippen LogP contribution in [0.2, 0.25) is 5.02 Å². The van der Waals surface area contributed by atoms with Gasteiger partial charge in [0.2, 0.25) is 5.88 Å². The van der Waals surface area contributed by atoms with E-state index in [1.165, 1.54) is 21.3 Å². The van der Waals surface area contributed by atoms with Crippen molar-refractivity contribution < 1.29 is 18.9 Å². The lowest BCUT2D eigenvalue weighted by Gasteiger charge is -2.18. The van der Waals surface area contributed by atoms with Crippen LogP contribution in [0, 0.1) is 0 Å². The smallest absolute Gasteiger partial charge is 0.325 e. The summed E-state index contributed by atoms with van der Waals surface area (Å²) in [5.41, 5.74) is 2.15. The Balaban J connectivity index is 2.03. The summed E-state index contributed by atoms with van der Waals surface area (Å²) in [7, 11) is 4.59. The predicted octanol–water partition coefficient (Wildman–Crippen LogP) is 4.89. The van der Waals surface area contributed by atoms with Crippen molar-refractivity contribution in [1.29, 1.82) is 0 Å². The molecule has 0 atom stereocenters. The molecule has 3 aromatic rings. The molecule has 0 saturated heterocycles. The van der Waals surface area contributed by atoms with Crippen LogP contribution in [0.5, 0.6) is 17.6 Å². The number of nitrogens with zero attached hydrogens (tertiary/aromatic N) is 2. The highest BCUT2D eigenvalue weighted by molar-refractivity contribution is 6.31. The summed E-state index contributed by atoms with van der Waals surface area (Å²) in [5, 5.41) is 0.451. The van der Waals surface area contributed by atoms with Gasteiger partial charge in [-0.2, -0.15) is 9.97 Å². The van der Waals surface area contributed by atoms with Crippen molar-refractivity contribution in [2.45, 2.75) is 6.29 Å². The van der Waals surface area contributed by atoms with E-state index in [0.717, 1.165) is 5.56 Å². The van der Waals surface area contributed by atoms with Gasteiger partial charge in [0.05, 0.1) is 23.4 Å². The zero-order valence-electron chi connectivity index (χ0n) is 15.2. The molecule has 0 radical (unpaired) electrons. The second kappa shape index (κ2) is 8.81. The molecule has 0 unspecified atom stereocenters. The number of hydrogen-bond donors (Lipinski definition) is 0. The quantitative estimate of drug-likeness (QED) is 0.539. The number of benzene rings is 2. The van der Waals surface area contributed by atoms with Crippen LogP contribution in [0.3, 0.4) is 0 Å². The van der Waals surface area contributed by atoms with Crippen molar-refractivity contribution in [2.75, 3.05) is 21.3 Å². The molecule has 0 amide bonds. The summed E-state index contributed by atoms with van der Waals surface area (Å²) in [6.45, 7) is 0. The first kappa shape index (κ1) is 19.1. The van der Waals surface area contributed by atoms with Crippen LogP contribution in [-0.4, -0.2) is 31.3 Å². The van der Waals surface area contributed by atoms with Crippen molar-refractivity contribution >= 4 is 11.6 Å². The van der Waals surface area contributed by atoms with Crippen molar-refractivity contribution in [2.24, 2.45) is 0 Å². The molecule has 0 saturated carbocycles. The predicted molar refractivity (Wildman–Crippen MR) is 102 cm³/mol. The van der Waals surface area contributed by atoms with Crippen LogP contribution in [0.15, 0.2) is 54.6 Å². The van der Waals surface area contributed by atoms with Crippen molar-refractivity contribution in [1.82, 2.24) is 9.97 Å². The van der Waals surface area contributed by atoms with Gasteiger partial charge >= 0.3 is 6.01 Å². The average molecular weight is 387 g/mol. The maximum atomic E-state index is 6.33. The molecule has 3 rings (SSSR count). The van der Waals surface area contributed by atoms with E-state index in [4.69, 9.17) is 30.5 Å². The Labute approximate surface area is 162 Å². The first-order chi connectivity index (χ1) is 13.2. The molecular weight excluding hydrogens is 368 g/mol. The molecule has 27 heavy (non-hydrogen) atoms. The summed E-state index contributed by atoms with van der Waals surface area (Å²) >= 11 is 6.33. The van der Waals surface area contributed by atoms with Gasteiger partial charge in [0, 0.05) is 25.8 Å². The maximum Gasteiger partial charge on any atom is 0.325 e. The van der Waals surface area contributed by atoms with Gasteiger partial charge in [0.15, 0.2) is 6.29 Å². The number of ether oxygens (including phenoxy) is 4. The summed E-state index contributed by atoms with van der Waals surface area (Å²) in [5.74, 6) is 0.820. The number of hydrogen-bond acceptors (Lipinski definition) is 6. The van der Waals surface area contributed by atoms with Gasteiger partial charge in [0.25, 0.3) is 0 Å². The maximum absolute atomic E-state index is 6.33. The minimum Gasteiger partial charge on any atom is -0.481 e. The van der Waals surface area contributed by atoms with E-state index >= 15 is 0 Å². The highest BCUT2D eigenvalue weighted by Gasteiger charge is 2.20. The average Bonchev–Trinajstić information content (AvgIpc) is 2.71. The van der Waals surface area contributed by atoms with Gasteiger partial charge in [0.1, 0.15) is 5.75 Å². The molecule has 2 aromatic carbocycles. The minimum atomic E-state index is -0.687. The second-order valence-corrected chi connectivity index (χ2v) is 5.91. The fraction of sp³-hybridized carbons (Fsp3) is 0.200. The van der Waals surface area contributed by atoms with Gasteiger partial charge in [-0.05, 0) is 12.1 Å². The third-order valence-corrected chi connectivity index (χ3v) is 4.17. The van der Waals surface area contributed by atoms with Crippen LogP contribution in [0.4, 0.5) is 0 Å². The molecule has 0 aliphatic carbocycles. The Hall–Kier alpha value is -2.67. The normalized spacial score (nSPS) is 10.9. The molecule has 140 valence electrons. The Morgan fingerprint density at radius 1 is 0.889 bits per heavy atom. The summed E-state index contributed by atoms with van der Waals surface area (Å²) < 4.78 is 21.9. The van der Waals surface area contributed by atoms with Crippen LogP contribution in [-0.2, 0) is 9.47 Å². The molecule has 7 heteroatoms. The van der Waals surface area contributed by atoms with Gasteiger partial charge in [-0.1, -0.05) is 48.0 Å². The molecule has 0 bridgehead atoms. The van der Waals surface area contributed by atoms with E-state index in [1.54, 1.807) is 24.3 Å². The van der Waals surface area contributed by atoms with Crippen molar-refractivity contribution in [3.8, 4) is 28.9 Å². The monoisotopic (exact) mass is 386 g/mol. The fourth-order valence-electron chi connectivity index (χ4n) is 2.58. The third-order valence-electron chi connectivity index (χ3n) is 3.84. The largest absolute Gasteiger partial charge is 0.481 e. The van der Waals surface area contributed by atoms with Gasteiger partial charge < -0.3 is 18.9 Å². The Bertz CT molecular complexity index is 902. The Morgan fingerprint density at radius 3 is 2.30 bits per heavy atom. The lowest BCUT2D eigenvalue weighted by molar-refractivity contribution is -0.106. The SMILES string of the molecule is COc1cc(-c2ccccc2)nc(Oc2cccc(Cl)c2C(OC)OC)n1. The topological polar surface area (TPSA) is 62.7 Å². The highest BCUT2D eigenvalue weighted by Crippen LogP contribution is 2.36. The van der Waals surface area contributed by atoms with E-state index in [1.807, 2.05) is 30.3 Å². The molecule has 0 fully saturated rings. The van der Waals surface area contributed by atoms with E-state index in [9.17, 15) is 0 Å². The zero-order valence-corrected chi connectivity index (χ0v) is 15.9. The van der Waals surface area contributed by atoms with Crippen LogP contribution < -0.4 is 9.47 Å². The van der Waals surface area contributed by atoms with E-state index < -0.39 is 6.29 Å². The second-order valence-electron chi connectivity index (χ2n) is 5.50. The van der Waals surface area contributed by atoms with E-state index in [-0.39, 0.29) is 6.01 Å². The fourth-order valence-corrected chi connectivity index (χ4v) is 2.83. The lowest BCUT2D eigenvalue weighted by atomic mass is 10.1. The van der Waals surface area contributed by atoms with Crippen molar-refractivity contribution in [3.05, 3.63) is 65.2 Å². The highest BCUT2D eigenvalue weighted by atomic mass is 35.5. The van der Waals surface area contributed by atoms with Crippen LogP contribution >= 0.6 is 11.6 Å². The molecule has 0 spiro atoms. The number of rotatable bonds is 7. The molecule has 0 aliphatic rings. The van der Waals surface area contributed by atoms with Crippen LogP contribution in [0.25, 0.3) is 11.3 Å². The Morgan fingerprint density at radius 2 is 1.63 bits per heavy atom. The number of aromatic nitrogens is 2. The van der Waals surface area contributed by atoms with E-state index in [2.05, 4.69) is 9.97 Å².